The van der Waals surface area contributed by atoms with Crippen LogP contribution in [0, 0.1) is 6.92 Å². The van der Waals surface area contributed by atoms with Crippen molar-refractivity contribution in [3.63, 3.8) is 0 Å². The monoisotopic (exact) mass is 206 g/mol. The highest BCUT2D eigenvalue weighted by Gasteiger charge is 2.16. The quantitative estimate of drug-likeness (QED) is 0.702. The van der Waals surface area contributed by atoms with Gasteiger partial charge in [0.15, 0.2) is 0 Å². The molecule has 15 heavy (non-hydrogen) atoms. The van der Waals surface area contributed by atoms with E-state index in [0.29, 0.717) is 6.10 Å². The molecular formula is C12H18N2O. The zero-order chi connectivity index (χ0) is 10.7. The largest absolute Gasteiger partial charge is 0.377 e. The van der Waals surface area contributed by atoms with Gasteiger partial charge < -0.3 is 9.64 Å². The molecule has 1 saturated heterocycles. The van der Waals surface area contributed by atoms with Crippen LogP contribution in [-0.2, 0) is 4.74 Å². The summed E-state index contributed by atoms with van der Waals surface area (Å²) in [6.07, 6.45) is 5.21. The van der Waals surface area contributed by atoms with Crippen LogP contribution in [0.2, 0.25) is 0 Å². The summed E-state index contributed by atoms with van der Waals surface area (Å²) >= 11 is 0. The van der Waals surface area contributed by atoms with Crippen LogP contribution in [0.5, 0.6) is 0 Å². The second kappa shape index (κ2) is 4.62. The first-order chi connectivity index (χ1) is 7.27. The zero-order valence-electron chi connectivity index (χ0n) is 9.44. The Hall–Kier alpha value is -1.09. The van der Waals surface area contributed by atoms with E-state index in [9.17, 15) is 0 Å². The Morgan fingerprint density at radius 1 is 1.53 bits per heavy atom. The summed E-state index contributed by atoms with van der Waals surface area (Å²) in [5.41, 5.74) is 2.54. The average molecular weight is 206 g/mol. The molecule has 1 fully saturated rings. The fourth-order valence-electron chi connectivity index (χ4n) is 2.03. The second-order valence-corrected chi connectivity index (χ2v) is 4.14. The Bertz CT molecular complexity index is 327. The van der Waals surface area contributed by atoms with Crippen molar-refractivity contribution in [3.8, 4) is 0 Å². The SMILES string of the molecule is Cc1cnccc1N1CCCOC(C)C1. The Kier molecular flexibility index (Phi) is 3.21. The van der Waals surface area contributed by atoms with E-state index in [1.54, 1.807) is 0 Å². The normalized spacial score (nSPS) is 22.5. The number of aromatic nitrogens is 1. The van der Waals surface area contributed by atoms with Crippen LogP contribution in [0.25, 0.3) is 0 Å². The third-order valence-corrected chi connectivity index (χ3v) is 2.78. The number of hydrogen-bond donors (Lipinski definition) is 0. The molecule has 0 aliphatic carbocycles. The zero-order valence-corrected chi connectivity index (χ0v) is 9.44. The first-order valence-electron chi connectivity index (χ1n) is 5.54. The number of rotatable bonds is 1. The van der Waals surface area contributed by atoms with Crippen molar-refractivity contribution in [3.05, 3.63) is 24.0 Å². The summed E-state index contributed by atoms with van der Waals surface area (Å²) in [6.45, 7) is 7.18. The van der Waals surface area contributed by atoms with Gasteiger partial charge in [0.1, 0.15) is 0 Å². The van der Waals surface area contributed by atoms with Crippen molar-refractivity contribution in [1.82, 2.24) is 4.98 Å². The Balaban J connectivity index is 2.18. The number of ether oxygens (including phenoxy) is 1. The topological polar surface area (TPSA) is 25.4 Å². The maximum Gasteiger partial charge on any atom is 0.0721 e. The van der Waals surface area contributed by atoms with Crippen molar-refractivity contribution < 1.29 is 4.74 Å². The fraction of sp³-hybridized carbons (Fsp3) is 0.583. The molecule has 2 heterocycles. The smallest absolute Gasteiger partial charge is 0.0721 e. The molecular weight excluding hydrogens is 188 g/mol. The number of nitrogens with zero attached hydrogens (tertiary/aromatic N) is 2. The molecule has 0 spiro atoms. The molecule has 0 bridgehead atoms. The summed E-state index contributed by atoms with van der Waals surface area (Å²) < 4.78 is 5.64. The van der Waals surface area contributed by atoms with E-state index in [-0.39, 0.29) is 0 Å². The third kappa shape index (κ3) is 2.48. The number of pyridine rings is 1. The number of hydrogen-bond acceptors (Lipinski definition) is 3. The highest BCUT2D eigenvalue weighted by atomic mass is 16.5. The molecule has 3 heteroatoms. The van der Waals surface area contributed by atoms with E-state index in [1.165, 1.54) is 11.3 Å². The molecule has 1 aliphatic rings. The number of anilines is 1. The van der Waals surface area contributed by atoms with Crippen molar-refractivity contribution in [2.45, 2.75) is 26.4 Å². The molecule has 0 saturated carbocycles. The van der Waals surface area contributed by atoms with E-state index in [1.807, 2.05) is 12.4 Å². The summed E-state index contributed by atoms with van der Waals surface area (Å²) in [4.78, 5) is 6.52. The fourth-order valence-corrected chi connectivity index (χ4v) is 2.03. The standard InChI is InChI=1S/C12H18N2O/c1-10-8-13-5-4-12(10)14-6-3-7-15-11(2)9-14/h4-5,8,11H,3,6-7,9H2,1-2H3. The summed E-state index contributed by atoms with van der Waals surface area (Å²) in [5.74, 6) is 0. The first-order valence-corrected chi connectivity index (χ1v) is 5.54. The van der Waals surface area contributed by atoms with E-state index in [2.05, 4.69) is 29.8 Å². The lowest BCUT2D eigenvalue weighted by molar-refractivity contribution is 0.0821. The Labute approximate surface area is 91.1 Å². The Morgan fingerprint density at radius 3 is 3.20 bits per heavy atom. The van der Waals surface area contributed by atoms with Crippen LogP contribution >= 0.6 is 0 Å². The third-order valence-electron chi connectivity index (χ3n) is 2.78. The predicted octanol–water partition coefficient (Wildman–Crippen LogP) is 2.01. The molecule has 3 nitrogen and oxygen atoms in total. The van der Waals surface area contributed by atoms with Gasteiger partial charge in [0, 0.05) is 37.8 Å². The summed E-state index contributed by atoms with van der Waals surface area (Å²) in [7, 11) is 0. The molecule has 1 unspecified atom stereocenters. The van der Waals surface area contributed by atoms with Gasteiger partial charge in [-0.3, -0.25) is 4.98 Å². The van der Waals surface area contributed by atoms with Gasteiger partial charge in [-0.1, -0.05) is 0 Å². The molecule has 0 radical (unpaired) electrons. The Morgan fingerprint density at radius 2 is 2.40 bits per heavy atom. The van der Waals surface area contributed by atoms with Crippen LogP contribution in [0.1, 0.15) is 18.9 Å². The van der Waals surface area contributed by atoms with Gasteiger partial charge >= 0.3 is 0 Å². The molecule has 0 aromatic carbocycles. The van der Waals surface area contributed by atoms with E-state index >= 15 is 0 Å². The van der Waals surface area contributed by atoms with Crippen LogP contribution < -0.4 is 4.90 Å². The van der Waals surface area contributed by atoms with Crippen molar-refractivity contribution in [2.75, 3.05) is 24.6 Å². The maximum atomic E-state index is 5.64. The van der Waals surface area contributed by atoms with E-state index in [4.69, 9.17) is 4.74 Å². The predicted molar refractivity (Wildman–Crippen MR) is 61.2 cm³/mol. The molecule has 0 amide bonds. The molecule has 1 aromatic heterocycles. The lowest BCUT2D eigenvalue weighted by atomic mass is 10.2. The molecule has 1 aliphatic heterocycles. The first kappa shape index (κ1) is 10.4. The minimum atomic E-state index is 0.320. The van der Waals surface area contributed by atoms with Crippen LogP contribution in [0.15, 0.2) is 18.5 Å². The van der Waals surface area contributed by atoms with Gasteiger partial charge in [0.05, 0.1) is 6.10 Å². The minimum Gasteiger partial charge on any atom is -0.377 e. The van der Waals surface area contributed by atoms with Crippen molar-refractivity contribution in [1.29, 1.82) is 0 Å². The molecule has 2 rings (SSSR count). The molecule has 1 atom stereocenters. The highest BCUT2D eigenvalue weighted by Crippen LogP contribution is 2.20. The van der Waals surface area contributed by atoms with Gasteiger partial charge in [-0.25, -0.2) is 0 Å². The van der Waals surface area contributed by atoms with Gasteiger partial charge in [-0.15, -0.1) is 0 Å². The van der Waals surface area contributed by atoms with Gasteiger partial charge in [0.25, 0.3) is 0 Å². The average Bonchev–Trinajstić information content (AvgIpc) is 2.43. The van der Waals surface area contributed by atoms with E-state index in [0.717, 1.165) is 26.1 Å². The minimum absolute atomic E-state index is 0.320. The van der Waals surface area contributed by atoms with Crippen LogP contribution in [0.3, 0.4) is 0 Å². The van der Waals surface area contributed by atoms with Crippen LogP contribution in [-0.4, -0.2) is 30.8 Å². The molecule has 1 aromatic rings. The van der Waals surface area contributed by atoms with E-state index < -0.39 is 0 Å². The van der Waals surface area contributed by atoms with Gasteiger partial charge in [-0.2, -0.15) is 0 Å². The maximum absolute atomic E-state index is 5.64. The van der Waals surface area contributed by atoms with Gasteiger partial charge in [0.2, 0.25) is 0 Å². The van der Waals surface area contributed by atoms with Crippen molar-refractivity contribution >= 4 is 5.69 Å². The number of aryl methyl sites for hydroxylation is 1. The van der Waals surface area contributed by atoms with Crippen LogP contribution in [0.4, 0.5) is 5.69 Å². The highest BCUT2D eigenvalue weighted by molar-refractivity contribution is 5.51. The summed E-state index contributed by atoms with van der Waals surface area (Å²) in [6, 6.07) is 2.09. The second-order valence-electron chi connectivity index (χ2n) is 4.14. The molecule has 0 N–H and O–H groups in total. The van der Waals surface area contributed by atoms with Crippen molar-refractivity contribution in [2.24, 2.45) is 0 Å². The van der Waals surface area contributed by atoms with Gasteiger partial charge in [-0.05, 0) is 31.9 Å². The lowest BCUT2D eigenvalue weighted by Crippen LogP contribution is -2.30. The molecule has 82 valence electrons. The lowest BCUT2D eigenvalue weighted by Gasteiger charge is -2.25. The summed E-state index contributed by atoms with van der Waals surface area (Å²) in [5, 5.41) is 0.